The van der Waals surface area contributed by atoms with E-state index in [4.69, 9.17) is 21.5 Å². The van der Waals surface area contributed by atoms with Crippen molar-refractivity contribution in [3.8, 4) is 6.07 Å². The summed E-state index contributed by atoms with van der Waals surface area (Å²) in [7, 11) is 0. The first-order chi connectivity index (χ1) is 22.0. The van der Waals surface area contributed by atoms with E-state index in [1.807, 2.05) is 78.9 Å². The SMILES string of the molecule is [C-]#[N+]c1cc(C2c3cccc(n3)C(c3ccc(F)c(C#N)c3)c3cccc(n3)C(c3ccccn3)c3cccc2n3)ccc1F. The van der Waals surface area contributed by atoms with Gasteiger partial charge in [0.2, 0.25) is 5.69 Å². The van der Waals surface area contributed by atoms with Gasteiger partial charge in [0.15, 0.2) is 0 Å². The van der Waals surface area contributed by atoms with Crippen molar-refractivity contribution < 1.29 is 8.78 Å². The minimum absolute atomic E-state index is 0.0765. The van der Waals surface area contributed by atoms with Gasteiger partial charge >= 0.3 is 0 Å². The molecule has 0 radical (unpaired) electrons. The maximum Gasteiger partial charge on any atom is 0.222 e. The fraction of sp³-hybridized carbons (Fsp3) is 0.0811. The Balaban J connectivity index is 1.55. The van der Waals surface area contributed by atoms with E-state index in [-0.39, 0.29) is 11.3 Å². The molecule has 3 unspecified atom stereocenters. The molecule has 1 aliphatic heterocycles. The first kappa shape index (κ1) is 27.7. The van der Waals surface area contributed by atoms with E-state index < -0.39 is 29.4 Å². The molecule has 6 aromatic rings. The highest BCUT2D eigenvalue weighted by Gasteiger charge is 2.29. The third kappa shape index (κ3) is 5.09. The molecule has 6 bridgehead atoms. The van der Waals surface area contributed by atoms with Crippen LogP contribution in [0.5, 0.6) is 0 Å². The lowest BCUT2D eigenvalue weighted by Gasteiger charge is -2.25. The van der Waals surface area contributed by atoms with Crippen LogP contribution in [0.2, 0.25) is 0 Å². The standard InChI is InChI=1S/C37H22F2N6/c1-41-34-20-23(15-17-26(34)39)36-30-9-4-8-28(43-30)35(22-14-16-25(38)24(19-22)21-40)29-10-5-12-32(44-29)37(27-7-2-3-18-42-27)33-13-6-11-31(36)45-33/h2-20,35-37H. The number of hydrogen-bond acceptors (Lipinski definition) is 5. The molecule has 6 nitrogen and oxygen atoms in total. The molecule has 7 rings (SSSR count). The molecular weight excluding hydrogens is 566 g/mol. The third-order valence-corrected chi connectivity index (χ3v) is 8.00. The summed E-state index contributed by atoms with van der Waals surface area (Å²) >= 11 is 0. The molecule has 0 saturated heterocycles. The highest BCUT2D eigenvalue weighted by Crippen LogP contribution is 2.39. The Labute approximate surface area is 258 Å². The number of rotatable bonds is 3. The molecular formula is C37H22F2N6. The Hall–Kier alpha value is -6.12. The molecule has 0 N–H and O–H groups in total. The van der Waals surface area contributed by atoms with Crippen LogP contribution < -0.4 is 0 Å². The number of hydrogen-bond donors (Lipinski definition) is 0. The summed E-state index contributed by atoms with van der Waals surface area (Å²) in [6.45, 7) is 7.53. The number of aromatic nitrogens is 4. The summed E-state index contributed by atoms with van der Waals surface area (Å²) in [5, 5.41) is 9.64. The second-order valence-electron chi connectivity index (χ2n) is 10.7. The number of halogens is 2. The van der Waals surface area contributed by atoms with Gasteiger partial charge in [-0.1, -0.05) is 36.4 Å². The summed E-state index contributed by atoms with van der Waals surface area (Å²) in [6, 6.07) is 33.7. The van der Waals surface area contributed by atoms with Crippen molar-refractivity contribution in [1.82, 2.24) is 19.9 Å². The van der Waals surface area contributed by atoms with Gasteiger partial charge in [0, 0.05) is 6.20 Å². The third-order valence-electron chi connectivity index (χ3n) is 8.00. The van der Waals surface area contributed by atoms with Crippen LogP contribution in [0, 0.1) is 29.5 Å². The minimum Gasteiger partial charge on any atom is -0.260 e. The maximum absolute atomic E-state index is 14.5. The molecule has 0 saturated carbocycles. The van der Waals surface area contributed by atoms with Crippen LogP contribution in [0.15, 0.2) is 115 Å². The molecule has 214 valence electrons. The van der Waals surface area contributed by atoms with Crippen molar-refractivity contribution >= 4 is 5.69 Å². The van der Waals surface area contributed by atoms with E-state index in [1.165, 1.54) is 18.2 Å². The predicted octanol–water partition coefficient (Wildman–Crippen LogP) is 7.82. The average Bonchev–Trinajstić information content (AvgIpc) is 3.07. The summed E-state index contributed by atoms with van der Waals surface area (Å²) in [4.78, 5) is 23.5. The second-order valence-corrected chi connectivity index (χ2v) is 10.7. The van der Waals surface area contributed by atoms with Gasteiger partial charge in [-0.05, 0) is 83.9 Å². The zero-order valence-corrected chi connectivity index (χ0v) is 23.6. The molecule has 45 heavy (non-hydrogen) atoms. The zero-order chi connectivity index (χ0) is 30.9. The Morgan fingerprint density at radius 3 is 1.56 bits per heavy atom. The molecule has 8 heteroatoms. The van der Waals surface area contributed by atoms with Crippen molar-refractivity contribution in [3.63, 3.8) is 0 Å². The highest BCUT2D eigenvalue weighted by atomic mass is 19.1. The Morgan fingerprint density at radius 1 is 0.578 bits per heavy atom. The van der Waals surface area contributed by atoms with E-state index in [9.17, 15) is 14.0 Å². The minimum atomic E-state index is -0.607. The van der Waals surface area contributed by atoms with E-state index in [2.05, 4.69) is 9.83 Å². The summed E-state index contributed by atoms with van der Waals surface area (Å²) in [6.07, 6.45) is 1.73. The van der Waals surface area contributed by atoms with Crippen molar-refractivity contribution in [3.05, 3.63) is 195 Å². The van der Waals surface area contributed by atoms with Crippen LogP contribution >= 0.6 is 0 Å². The van der Waals surface area contributed by atoms with E-state index in [1.54, 1.807) is 24.4 Å². The molecule has 2 aromatic carbocycles. The number of nitrogens with zero attached hydrogens (tertiary/aromatic N) is 6. The molecule has 3 atom stereocenters. The van der Waals surface area contributed by atoms with Crippen LogP contribution in [0.1, 0.15) is 74.3 Å². The Bertz CT molecular complexity index is 2020. The summed E-state index contributed by atoms with van der Waals surface area (Å²) < 4.78 is 29.0. The molecule has 0 amide bonds. The lowest BCUT2D eigenvalue weighted by atomic mass is 9.86. The fourth-order valence-corrected chi connectivity index (χ4v) is 5.96. The first-order valence-electron chi connectivity index (χ1n) is 14.2. The lowest BCUT2D eigenvalue weighted by molar-refractivity contribution is 0.622. The van der Waals surface area contributed by atoms with Gasteiger partial charge in [0.1, 0.15) is 17.7 Å². The van der Waals surface area contributed by atoms with Gasteiger partial charge in [0.05, 0.1) is 69.7 Å². The smallest absolute Gasteiger partial charge is 0.222 e. The molecule has 0 aliphatic carbocycles. The maximum atomic E-state index is 14.5. The Kier molecular flexibility index (Phi) is 7.09. The van der Waals surface area contributed by atoms with Gasteiger partial charge in [-0.3, -0.25) is 19.9 Å². The van der Waals surface area contributed by atoms with Crippen LogP contribution in [0.4, 0.5) is 14.5 Å². The van der Waals surface area contributed by atoms with Gasteiger partial charge in [-0.15, -0.1) is 0 Å². The van der Waals surface area contributed by atoms with Gasteiger partial charge in [-0.2, -0.15) is 5.26 Å². The predicted molar refractivity (Wildman–Crippen MR) is 164 cm³/mol. The van der Waals surface area contributed by atoms with Crippen LogP contribution in [-0.4, -0.2) is 19.9 Å². The molecule has 0 fully saturated rings. The van der Waals surface area contributed by atoms with Crippen molar-refractivity contribution in [2.75, 3.05) is 0 Å². The number of fused-ring (bicyclic) bond motifs is 6. The van der Waals surface area contributed by atoms with E-state index in [0.29, 0.717) is 45.3 Å². The van der Waals surface area contributed by atoms with E-state index in [0.717, 1.165) is 5.69 Å². The highest BCUT2D eigenvalue weighted by molar-refractivity contribution is 5.53. The van der Waals surface area contributed by atoms with Crippen molar-refractivity contribution in [2.45, 2.75) is 17.8 Å². The van der Waals surface area contributed by atoms with Crippen LogP contribution in [0.25, 0.3) is 4.85 Å². The molecule has 1 aliphatic rings. The largest absolute Gasteiger partial charge is 0.260 e. The summed E-state index contributed by atoms with van der Waals surface area (Å²) in [5.74, 6) is -2.75. The number of nitriles is 1. The van der Waals surface area contributed by atoms with E-state index >= 15 is 0 Å². The zero-order valence-electron chi connectivity index (χ0n) is 23.6. The van der Waals surface area contributed by atoms with Crippen LogP contribution in [-0.2, 0) is 0 Å². The first-order valence-corrected chi connectivity index (χ1v) is 14.2. The van der Waals surface area contributed by atoms with Gasteiger partial charge in [0.25, 0.3) is 0 Å². The van der Waals surface area contributed by atoms with Crippen molar-refractivity contribution in [1.29, 1.82) is 5.26 Å². The quantitative estimate of drug-likeness (QED) is 0.197. The average molecular weight is 589 g/mol. The normalized spacial score (nSPS) is 16.8. The number of benzene rings is 2. The van der Waals surface area contributed by atoms with Gasteiger partial charge in [-0.25, -0.2) is 13.6 Å². The summed E-state index contributed by atoms with van der Waals surface area (Å²) in [5.41, 5.74) is 5.85. The second kappa shape index (κ2) is 11.5. The van der Waals surface area contributed by atoms with Crippen molar-refractivity contribution in [2.24, 2.45) is 0 Å². The Morgan fingerprint density at radius 2 is 1.07 bits per heavy atom. The molecule has 0 spiro atoms. The lowest BCUT2D eigenvalue weighted by Crippen LogP contribution is -2.17. The number of pyridine rings is 4. The fourth-order valence-electron chi connectivity index (χ4n) is 5.96. The molecule has 5 heterocycles. The van der Waals surface area contributed by atoms with Crippen LogP contribution in [0.3, 0.4) is 0 Å². The monoisotopic (exact) mass is 588 g/mol. The molecule has 4 aromatic heterocycles. The van der Waals surface area contributed by atoms with Gasteiger partial charge < -0.3 is 0 Å². The topological polar surface area (TPSA) is 79.7 Å².